The molecule has 0 radical (unpaired) electrons. The number of methoxy groups -OCH3 is 2. The van der Waals surface area contributed by atoms with Crippen molar-refractivity contribution in [3.05, 3.63) is 65.0 Å². The van der Waals surface area contributed by atoms with Crippen LogP contribution in [-0.2, 0) is 17.9 Å². The molecule has 1 aliphatic rings. The van der Waals surface area contributed by atoms with Gasteiger partial charge in [0, 0.05) is 32.8 Å². The van der Waals surface area contributed by atoms with Gasteiger partial charge in [-0.3, -0.25) is 9.89 Å². The third kappa shape index (κ3) is 6.42. The monoisotopic (exact) mass is 428 g/mol. The molecule has 0 bridgehead atoms. The normalized spacial score (nSPS) is 15.7. The minimum Gasteiger partial charge on any atom is -0.497 e. The van der Waals surface area contributed by atoms with Crippen LogP contribution in [0.2, 0.25) is 0 Å². The van der Waals surface area contributed by atoms with Crippen LogP contribution >= 0.6 is 0 Å². The van der Waals surface area contributed by atoms with Gasteiger partial charge >= 0.3 is 0 Å². The molecule has 1 atom stereocenters. The molecule has 168 valence electrons. The number of aliphatic imine (C=N–C) groups is 1. The van der Waals surface area contributed by atoms with Crippen LogP contribution in [0.25, 0.3) is 0 Å². The van der Waals surface area contributed by atoms with E-state index >= 15 is 0 Å². The lowest BCUT2D eigenvalue weighted by atomic mass is 10.1. The highest BCUT2D eigenvalue weighted by atomic mass is 19.1. The molecule has 2 aromatic carbocycles. The van der Waals surface area contributed by atoms with Gasteiger partial charge in [0.1, 0.15) is 11.6 Å². The fraction of sp³-hybridized carbons (Fsp3) is 0.458. The molecule has 7 heteroatoms. The molecule has 1 unspecified atom stereocenters. The summed E-state index contributed by atoms with van der Waals surface area (Å²) in [4.78, 5) is 6.87. The van der Waals surface area contributed by atoms with E-state index in [1.165, 1.54) is 24.5 Å². The van der Waals surface area contributed by atoms with Gasteiger partial charge in [0.2, 0.25) is 0 Å². The largest absolute Gasteiger partial charge is 0.497 e. The van der Waals surface area contributed by atoms with Crippen LogP contribution < -0.4 is 15.4 Å². The molecule has 2 aromatic rings. The number of likely N-dealkylation sites (tertiary alicyclic amines) is 1. The highest BCUT2D eigenvalue weighted by Crippen LogP contribution is 2.26. The molecule has 1 aliphatic heterocycles. The third-order valence-electron chi connectivity index (χ3n) is 5.64. The summed E-state index contributed by atoms with van der Waals surface area (Å²) in [6.45, 7) is 3.74. The Bertz CT molecular complexity index is 851. The fourth-order valence-corrected chi connectivity index (χ4v) is 3.94. The molecular formula is C24H33FN4O2. The Balaban J connectivity index is 1.62. The van der Waals surface area contributed by atoms with Gasteiger partial charge in [0.15, 0.2) is 5.96 Å². The average Bonchev–Trinajstić information content (AvgIpc) is 3.33. The molecule has 0 aromatic heterocycles. The van der Waals surface area contributed by atoms with Crippen molar-refractivity contribution in [2.24, 2.45) is 4.99 Å². The maximum atomic E-state index is 13.8. The Morgan fingerprint density at radius 3 is 2.48 bits per heavy atom. The van der Waals surface area contributed by atoms with Crippen molar-refractivity contribution in [1.82, 2.24) is 15.5 Å². The van der Waals surface area contributed by atoms with Crippen LogP contribution in [0.3, 0.4) is 0 Å². The van der Waals surface area contributed by atoms with Crippen LogP contribution in [0.4, 0.5) is 4.39 Å². The van der Waals surface area contributed by atoms with E-state index in [0.717, 1.165) is 36.9 Å². The van der Waals surface area contributed by atoms with E-state index in [4.69, 9.17) is 9.47 Å². The second kappa shape index (κ2) is 11.7. The Hall–Kier alpha value is -2.64. The van der Waals surface area contributed by atoms with E-state index < -0.39 is 0 Å². The molecule has 31 heavy (non-hydrogen) atoms. The van der Waals surface area contributed by atoms with Crippen molar-refractivity contribution < 1.29 is 13.9 Å². The number of nitrogens with one attached hydrogen (secondary N) is 2. The van der Waals surface area contributed by atoms with Gasteiger partial charge in [-0.1, -0.05) is 18.2 Å². The Morgan fingerprint density at radius 2 is 1.84 bits per heavy atom. The number of nitrogens with zero attached hydrogens (tertiary/aromatic N) is 2. The zero-order chi connectivity index (χ0) is 22.1. The highest BCUT2D eigenvalue weighted by Gasteiger charge is 2.23. The second-order valence-corrected chi connectivity index (χ2v) is 7.70. The van der Waals surface area contributed by atoms with Gasteiger partial charge in [-0.2, -0.15) is 0 Å². The summed E-state index contributed by atoms with van der Waals surface area (Å²) in [6, 6.07) is 13.6. The highest BCUT2D eigenvalue weighted by molar-refractivity contribution is 5.79. The van der Waals surface area contributed by atoms with Crippen molar-refractivity contribution in [2.45, 2.75) is 32.0 Å². The molecule has 3 rings (SSSR count). The van der Waals surface area contributed by atoms with Gasteiger partial charge in [-0.05, 0) is 61.3 Å². The van der Waals surface area contributed by atoms with Crippen molar-refractivity contribution in [1.29, 1.82) is 0 Å². The molecule has 1 fully saturated rings. The van der Waals surface area contributed by atoms with E-state index in [-0.39, 0.29) is 18.5 Å². The minimum absolute atomic E-state index is 0.249. The molecule has 1 saturated heterocycles. The molecule has 0 saturated carbocycles. The molecule has 0 spiro atoms. The van der Waals surface area contributed by atoms with E-state index in [1.54, 1.807) is 27.3 Å². The van der Waals surface area contributed by atoms with Crippen LogP contribution in [-0.4, -0.2) is 51.8 Å². The molecule has 2 N–H and O–H groups in total. The smallest absolute Gasteiger partial charge is 0.191 e. The van der Waals surface area contributed by atoms with Crippen molar-refractivity contribution in [3.63, 3.8) is 0 Å². The zero-order valence-electron chi connectivity index (χ0n) is 18.7. The van der Waals surface area contributed by atoms with E-state index in [9.17, 15) is 4.39 Å². The van der Waals surface area contributed by atoms with Crippen LogP contribution in [0.1, 0.15) is 35.6 Å². The predicted octanol–water partition coefficient (Wildman–Crippen LogP) is 3.48. The van der Waals surface area contributed by atoms with E-state index in [2.05, 4.69) is 32.7 Å². The summed E-state index contributed by atoms with van der Waals surface area (Å²) >= 11 is 0. The maximum Gasteiger partial charge on any atom is 0.191 e. The van der Waals surface area contributed by atoms with Crippen LogP contribution in [0.15, 0.2) is 47.5 Å². The number of halogens is 1. The fourth-order valence-electron chi connectivity index (χ4n) is 3.94. The maximum absolute atomic E-state index is 13.8. The van der Waals surface area contributed by atoms with Crippen molar-refractivity contribution >= 4 is 5.96 Å². The summed E-state index contributed by atoms with van der Waals surface area (Å²) in [6.07, 6.45) is 2.46. The van der Waals surface area contributed by atoms with Gasteiger partial charge in [0.05, 0.1) is 19.8 Å². The zero-order valence-corrected chi connectivity index (χ0v) is 18.7. The quantitative estimate of drug-likeness (QED) is 0.473. The Kier molecular flexibility index (Phi) is 8.67. The van der Waals surface area contributed by atoms with Crippen molar-refractivity contribution in [3.8, 4) is 5.75 Å². The van der Waals surface area contributed by atoms with Crippen molar-refractivity contribution in [2.75, 3.05) is 40.9 Å². The number of hydrogen-bond acceptors (Lipinski definition) is 4. The van der Waals surface area contributed by atoms with Crippen LogP contribution in [0.5, 0.6) is 5.75 Å². The van der Waals surface area contributed by atoms with E-state index in [0.29, 0.717) is 12.1 Å². The Labute approximate surface area is 184 Å². The van der Waals surface area contributed by atoms with Gasteiger partial charge in [-0.25, -0.2) is 4.39 Å². The first kappa shape index (κ1) is 23.0. The summed E-state index contributed by atoms with van der Waals surface area (Å²) in [5, 5.41) is 6.79. The molecule has 1 heterocycles. The first-order valence-corrected chi connectivity index (χ1v) is 10.7. The number of benzene rings is 2. The van der Waals surface area contributed by atoms with Gasteiger partial charge in [-0.15, -0.1) is 0 Å². The summed E-state index contributed by atoms with van der Waals surface area (Å²) in [5.74, 6) is 1.33. The lowest BCUT2D eigenvalue weighted by Crippen LogP contribution is -2.42. The standard InChI is InChI=1S/C24H33FN4O2/c1-26-24(27-15-18-6-11-22(25)20(14-18)17-30-2)28-16-23(29-12-4-5-13-29)19-7-9-21(31-3)10-8-19/h6-11,14,23H,4-5,12-13,15-17H2,1-3H3,(H2,26,27,28). The Morgan fingerprint density at radius 1 is 1.10 bits per heavy atom. The molecule has 0 aliphatic carbocycles. The predicted molar refractivity (Wildman–Crippen MR) is 122 cm³/mol. The summed E-state index contributed by atoms with van der Waals surface area (Å²) < 4.78 is 24.2. The first-order valence-electron chi connectivity index (χ1n) is 10.7. The number of guanidine groups is 1. The lowest BCUT2D eigenvalue weighted by molar-refractivity contribution is 0.181. The topological polar surface area (TPSA) is 58.1 Å². The van der Waals surface area contributed by atoms with Crippen LogP contribution in [0, 0.1) is 5.82 Å². The number of ether oxygens (including phenoxy) is 2. The molecular weight excluding hydrogens is 395 g/mol. The minimum atomic E-state index is -0.249. The summed E-state index contributed by atoms with van der Waals surface area (Å²) in [5.41, 5.74) is 2.79. The van der Waals surface area contributed by atoms with Gasteiger partial charge < -0.3 is 20.1 Å². The SMILES string of the molecule is CN=C(NCc1ccc(F)c(COC)c1)NCC(c1ccc(OC)cc1)N1CCCC1. The summed E-state index contributed by atoms with van der Waals surface area (Å²) in [7, 11) is 5.01. The van der Waals surface area contributed by atoms with Gasteiger partial charge in [0.25, 0.3) is 0 Å². The lowest BCUT2D eigenvalue weighted by Gasteiger charge is -2.29. The number of rotatable bonds is 9. The second-order valence-electron chi connectivity index (χ2n) is 7.70. The molecule has 0 amide bonds. The third-order valence-corrected chi connectivity index (χ3v) is 5.64. The first-order chi connectivity index (χ1) is 15.1. The number of hydrogen-bond donors (Lipinski definition) is 2. The van der Waals surface area contributed by atoms with E-state index in [1.807, 2.05) is 18.2 Å². The average molecular weight is 429 g/mol. The molecule has 6 nitrogen and oxygen atoms in total.